The summed E-state index contributed by atoms with van der Waals surface area (Å²) in [7, 11) is 3.49. The van der Waals surface area contributed by atoms with E-state index in [0.29, 0.717) is 0 Å². The number of nitrogens with zero attached hydrogens (tertiary/aromatic N) is 2. The summed E-state index contributed by atoms with van der Waals surface area (Å²) in [5, 5.41) is 9.02. The maximum absolute atomic E-state index is 9.02. The maximum atomic E-state index is 9.02. The zero-order valence-corrected chi connectivity index (χ0v) is 8.77. The molecule has 0 saturated carbocycles. The molecule has 0 amide bonds. The number of aliphatic hydroxyl groups is 1. The average molecular weight is 196 g/mol. The number of ether oxygens (including phenoxy) is 1. The number of methoxy groups -OCH3 is 1. The van der Waals surface area contributed by atoms with Gasteiger partial charge >= 0.3 is 0 Å². The molecule has 14 heavy (non-hydrogen) atoms. The van der Waals surface area contributed by atoms with Gasteiger partial charge in [0.2, 0.25) is 0 Å². The second kappa shape index (κ2) is 4.81. The number of rotatable bonds is 4. The molecule has 1 atom stereocenters. The zero-order valence-electron chi connectivity index (χ0n) is 8.77. The lowest BCUT2D eigenvalue weighted by Crippen LogP contribution is -2.32. The first-order chi connectivity index (χ1) is 6.70. The molecule has 1 N–H and O–H groups in total. The summed E-state index contributed by atoms with van der Waals surface area (Å²) in [6, 6.07) is 3.70. The van der Waals surface area contributed by atoms with Crippen molar-refractivity contribution in [3.8, 4) is 5.75 Å². The van der Waals surface area contributed by atoms with Crippen molar-refractivity contribution in [1.82, 2.24) is 4.98 Å². The molecule has 78 valence electrons. The molecule has 0 spiro atoms. The predicted octanol–water partition coefficient (Wildman–Crippen LogP) is 0.907. The van der Waals surface area contributed by atoms with E-state index in [1.807, 2.05) is 31.0 Å². The van der Waals surface area contributed by atoms with Gasteiger partial charge in [0.25, 0.3) is 0 Å². The third kappa shape index (κ3) is 2.14. The van der Waals surface area contributed by atoms with Gasteiger partial charge in [-0.05, 0) is 19.1 Å². The largest absolute Gasteiger partial charge is 0.493 e. The normalized spacial score (nSPS) is 12.3. The van der Waals surface area contributed by atoms with Crippen LogP contribution in [0.3, 0.4) is 0 Å². The van der Waals surface area contributed by atoms with Gasteiger partial charge in [0.1, 0.15) is 0 Å². The Bertz CT molecular complexity index is 291. The number of anilines is 1. The van der Waals surface area contributed by atoms with Gasteiger partial charge in [-0.25, -0.2) is 4.98 Å². The van der Waals surface area contributed by atoms with Gasteiger partial charge in [-0.1, -0.05) is 0 Å². The van der Waals surface area contributed by atoms with Crippen molar-refractivity contribution < 1.29 is 9.84 Å². The van der Waals surface area contributed by atoms with Crippen LogP contribution >= 0.6 is 0 Å². The summed E-state index contributed by atoms with van der Waals surface area (Å²) < 4.78 is 5.18. The van der Waals surface area contributed by atoms with Gasteiger partial charge in [0.15, 0.2) is 11.6 Å². The fourth-order valence-electron chi connectivity index (χ4n) is 1.14. The maximum Gasteiger partial charge on any atom is 0.171 e. The lowest BCUT2D eigenvalue weighted by molar-refractivity contribution is 0.269. The van der Waals surface area contributed by atoms with Gasteiger partial charge in [-0.3, -0.25) is 0 Å². The fraction of sp³-hybridized carbons (Fsp3) is 0.500. The lowest BCUT2D eigenvalue weighted by atomic mass is 10.3. The van der Waals surface area contributed by atoms with Crippen molar-refractivity contribution >= 4 is 5.82 Å². The van der Waals surface area contributed by atoms with Crippen LogP contribution in [0.5, 0.6) is 5.75 Å². The summed E-state index contributed by atoms with van der Waals surface area (Å²) >= 11 is 0. The van der Waals surface area contributed by atoms with E-state index < -0.39 is 0 Å². The molecular weight excluding hydrogens is 180 g/mol. The quantitative estimate of drug-likeness (QED) is 0.777. The van der Waals surface area contributed by atoms with Crippen LogP contribution in [0.4, 0.5) is 5.82 Å². The first kappa shape index (κ1) is 10.8. The van der Waals surface area contributed by atoms with E-state index in [9.17, 15) is 0 Å². The van der Waals surface area contributed by atoms with Crippen LogP contribution in [0, 0.1) is 0 Å². The highest BCUT2D eigenvalue weighted by Gasteiger charge is 2.13. The van der Waals surface area contributed by atoms with Crippen LogP contribution in [0.15, 0.2) is 18.3 Å². The fourth-order valence-corrected chi connectivity index (χ4v) is 1.14. The van der Waals surface area contributed by atoms with E-state index in [2.05, 4.69) is 4.98 Å². The van der Waals surface area contributed by atoms with Crippen LogP contribution < -0.4 is 9.64 Å². The molecule has 1 aromatic heterocycles. The van der Waals surface area contributed by atoms with E-state index in [-0.39, 0.29) is 12.6 Å². The van der Waals surface area contributed by atoms with Crippen LogP contribution in [0.25, 0.3) is 0 Å². The number of aromatic nitrogens is 1. The molecule has 0 aromatic carbocycles. The molecule has 0 saturated heterocycles. The minimum atomic E-state index is 0.0267. The highest BCUT2D eigenvalue weighted by molar-refractivity contribution is 5.51. The molecular formula is C10H16N2O2. The third-order valence-corrected chi connectivity index (χ3v) is 2.23. The number of hydrogen-bond donors (Lipinski definition) is 1. The molecule has 0 aliphatic rings. The van der Waals surface area contributed by atoms with Gasteiger partial charge in [0, 0.05) is 13.2 Å². The zero-order chi connectivity index (χ0) is 10.6. The van der Waals surface area contributed by atoms with Crippen molar-refractivity contribution in [3.05, 3.63) is 18.3 Å². The number of hydrogen-bond acceptors (Lipinski definition) is 4. The van der Waals surface area contributed by atoms with Gasteiger partial charge in [-0.2, -0.15) is 0 Å². The van der Waals surface area contributed by atoms with Gasteiger partial charge in [-0.15, -0.1) is 0 Å². The minimum Gasteiger partial charge on any atom is -0.493 e. The molecule has 0 bridgehead atoms. The monoisotopic (exact) mass is 196 g/mol. The van der Waals surface area contributed by atoms with Crippen molar-refractivity contribution in [2.24, 2.45) is 0 Å². The summed E-state index contributed by atoms with van der Waals surface area (Å²) in [5.41, 5.74) is 0. The van der Waals surface area contributed by atoms with Gasteiger partial charge in [0.05, 0.1) is 19.8 Å². The molecule has 1 unspecified atom stereocenters. The standard InChI is InChI=1S/C10H16N2O2/c1-8(7-13)12(2)10-9(14-3)5-4-6-11-10/h4-6,8,13H,7H2,1-3H3. The lowest BCUT2D eigenvalue weighted by Gasteiger charge is -2.25. The molecule has 0 aliphatic carbocycles. The van der Waals surface area contributed by atoms with Crippen molar-refractivity contribution in [2.45, 2.75) is 13.0 Å². The summed E-state index contributed by atoms with van der Waals surface area (Å²) in [4.78, 5) is 6.10. The Hall–Kier alpha value is -1.29. The summed E-state index contributed by atoms with van der Waals surface area (Å²) in [6.45, 7) is 2.02. The minimum absolute atomic E-state index is 0.0267. The van der Waals surface area contributed by atoms with E-state index in [1.165, 1.54) is 0 Å². The first-order valence-electron chi connectivity index (χ1n) is 4.53. The first-order valence-corrected chi connectivity index (χ1v) is 4.53. The predicted molar refractivity (Wildman–Crippen MR) is 55.7 cm³/mol. The smallest absolute Gasteiger partial charge is 0.171 e. The molecule has 1 aromatic rings. The average Bonchev–Trinajstić information content (AvgIpc) is 2.26. The molecule has 0 radical (unpaired) electrons. The SMILES string of the molecule is COc1cccnc1N(C)C(C)CO. The Balaban J connectivity index is 2.93. The van der Waals surface area contributed by atoms with E-state index in [4.69, 9.17) is 9.84 Å². The van der Waals surface area contributed by atoms with Crippen LogP contribution in [-0.4, -0.2) is 36.9 Å². The van der Waals surface area contributed by atoms with E-state index >= 15 is 0 Å². The van der Waals surface area contributed by atoms with Crippen molar-refractivity contribution in [2.75, 3.05) is 25.7 Å². The second-order valence-electron chi connectivity index (χ2n) is 3.17. The molecule has 4 heteroatoms. The number of aliphatic hydroxyl groups excluding tert-OH is 1. The highest BCUT2D eigenvalue weighted by Crippen LogP contribution is 2.24. The van der Waals surface area contributed by atoms with Crippen molar-refractivity contribution in [3.63, 3.8) is 0 Å². The number of pyridine rings is 1. The van der Waals surface area contributed by atoms with E-state index in [1.54, 1.807) is 13.3 Å². The van der Waals surface area contributed by atoms with Gasteiger partial charge < -0.3 is 14.7 Å². The van der Waals surface area contributed by atoms with Crippen LogP contribution in [-0.2, 0) is 0 Å². The Labute approximate surface area is 84.1 Å². The molecule has 0 fully saturated rings. The Morgan fingerprint density at radius 1 is 1.64 bits per heavy atom. The second-order valence-corrected chi connectivity index (χ2v) is 3.17. The third-order valence-electron chi connectivity index (χ3n) is 2.23. The Morgan fingerprint density at radius 2 is 2.36 bits per heavy atom. The Morgan fingerprint density at radius 3 is 2.93 bits per heavy atom. The van der Waals surface area contributed by atoms with Crippen LogP contribution in [0.2, 0.25) is 0 Å². The summed E-state index contributed by atoms with van der Waals surface area (Å²) in [6.07, 6.45) is 1.71. The molecule has 4 nitrogen and oxygen atoms in total. The van der Waals surface area contributed by atoms with E-state index in [0.717, 1.165) is 11.6 Å². The number of likely N-dealkylation sites (N-methyl/N-ethyl adjacent to an activating group) is 1. The Kier molecular flexibility index (Phi) is 3.71. The summed E-state index contributed by atoms with van der Waals surface area (Å²) in [5.74, 6) is 1.46. The molecule has 1 heterocycles. The highest BCUT2D eigenvalue weighted by atomic mass is 16.5. The molecule has 0 aliphatic heterocycles. The van der Waals surface area contributed by atoms with Crippen LogP contribution in [0.1, 0.15) is 6.92 Å². The topological polar surface area (TPSA) is 45.6 Å². The molecule has 1 rings (SSSR count). The van der Waals surface area contributed by atoms with Crippen molar-refractivity contribution in [1.29, 1.82) is 0 Å².